The first-order chi connectivity index (χ1) is 13.1. The topological polar surface area (TPSA) is 80.4 Å². The van der Waals surface area contributed by atoms with E-state index in [4.69, 9.17) is 16.7 Å². The van der Waals surface area contributed by atoms with E-state index in [1.807, 2.05) is 42.5 Å². The minimum atomic E-state index is -0.883. The van der Waals surface area contributed by atoms with E-state index in [0.717, 1.165) is 11.1 Å². The van der Waals surface area contributed by atoms with E-state index in [9.17, 15) is 9.90 Å². The lowest BCUT2D eigenvalue weighted by atomic mass is 10.1. The van der Waals surface area contributed by atoms with Crippen LogP contribution in [0, 0.1) is 0 Å². The Labute approximate surface area is 164 Å². The van der Waals surface area contributed by atoms with Crippen molar-refractivity contribution in [3.05, 3.63) is 76.6 Å². The highest BCUT2D eigenvalue weighted by atomic mass is 35.5. The highest BCUT2D eigenvalue weighted by molar-refractivity contribution is 8.00. The van der Waals surface area contributed by atoms with Crippen LogP contribution in [0.1, 0.15) is 23.4 Å². The molecule has 2 aromatic carbocycles. The molecule has 0 fully saturated rings. The molecular formula is C19H15ClN4O2S. The van der Waals surface area contributed by atoms with Gasteiger partial charge in [-0.25, -0.2) is 0 Å². The molecule has 1 aliphatic heterocycles. The van der Waals surface area contributed by atoms with Crippen molar-refractivity contribution in [1.82, 2.24) is 14.9 Å². The number of halogens is 1. The maximum absolute atomic E-state index is 11.3. The van der Waals surface area contributed by atoms with E-state index >= 15 is 0 Å². The van der Waals surface area contributed by atoms with E-state index in [-0.39, 0.29) is 11.7 Å². The number of hydrogen-bond acceptors (Lipinski definition) is 5. The highest BCUT2D eigenvalue weighted by Gasteiger charge is 2.30. The van der Waals surface area contributed by atoms with E-state index in [1.165, 1.54) is 11.8 Å². The summed E-state index contributed by atoms with van der Waals surface area (Å²) in [4.78, 5) is 11.3. The minimum Gasteiger partial charge on any atom is -0.481 e. The molecule has 1 atom stereocenters. The molecule has 0 saturated carbocycles. The summed E-state index contributed by atoms with van der Waals surface area (Å²) in [7, 11) is 0. The standard InChI is InChI=1S/C19H15ClN4O2S/c20-14-8-6-13(7-9-14)18-15(11-17(25)26)27-19-22-21-16(24(19)23-18)10-12-4-2-1-3-5-12/h1-9,15H,10-11H2,(H,25,26). The van der Waals surface area contributed by atoms with Gasteiger partial charge in [0.1, 0.15) is 0 Å². The SMILES string of the molecule is O=C(O)CC1Sc2nnc(Cc3ccccc3)n2N=C1c1ccc(Cl)cc1. The molecule has 0 radical (unpaired) electrons. The molecule has 0 bridgehead atoms. The van der Waals surface area contributed by atoms with Gasteiger partial charge in [-0.15, -0.1) is 10.2 Å². The lowest BCUT2D eigenvalue weighted by Gasteiger charge is -2.22. The Balaban J connectivity index is 1.74. The zero-order valence-electron chi connectivity index (χ0n) is 14.1. The van der Waals surface area contributed by atoms with Crippen molar-refractivity contribution in [3.63, 3.8) is 0 Å². The number of aliphatic carboxylic acids is 1. The lowest BCUT2D eigenvalue weighted by Crippen LogP contribution is -2.27. The molecule has 1 unspecified atom stereocenters. The Morgan fingerprint density at radius 3 is 2.56 bits per heavy atom. The van der Waals surface area contributed by atoms with Crippen molar-refractivity contribution in [2.45, 2.75) is 23.2 Å². The van der Waals surface area contributed by atoms with Gasteiger partial charge in [0.25, 0.3) is 0 Å². The average molecular weight is 399 g/mol. The summed E-state index contributed by atoms with van der Waals surface area (Å²) < 4.78 is 1.71. The first kappa shape index (κ1) is 17.8. The number of benzene rings is 2. The number of nitrogens with zero attached hydrogens (tertiary/aromatic N) is 4. The molecule has 1 N–H and O–H groups in total. The number of aromatic nitrogens is 3. The molecule has 1 aliphatic rings. The summed E-state index contributed by atoms with van der Waals surface area (Å²) in [6.45, 7) is 0. The van der Waals surface area contributed by atoms with Crippen LogP contribution in [0.3, 0.4) is 0 Å². The number of thioether (sulfide) groups is 1. The largest absolute Gasteiger partial charge is 0.481 e. The summed E-state index contributed by atoms with van der Waals surface area (Å²) in [6.07, 6.45) is 0.544. The Kier molecular flexibility index (Phi) is 4.96. The predicted octanol–water partition coefficient (Wildman–Crippen LogP) is 3.72. The van der Waals surface area contributed by atoms with Crippen molar-refractivity contribution in [2.24, 2.45) is 5.10 Å². The molecule has 0 spiro atoms. The third-order valence-electron chi connectivity index (χ3n) is 4.14. The number of carbonyl (C=O) groups is 1. The molecule has 0 amide bonds. The number of fused-ring (bicyclic) bond motifs is 1. The van der Waals surface area contributed by atoms with Crippen molar-refractivity contribution < 1.29 is 9.90 Å². The van der Waals surface area contributed by atoms with Crippen LogP contribution < -0.4 is 0 Å². The van der Waals surface area contributed by atoms with E-state index in [1.54, 1.807) is 16.8 Å². The Morgan fingerprint density at radius 1 is 1.11 bits per heavy atom. The van der Waals surface area contributed by atoms with Gasteiger partial charge in [0.05, 0.1) is 17.4 Å². The quantitative estimate of drug-likeness (QED) is 0.708. The maximum Gasteiger partial charge on any atom is 0.304 e. The number of rotatable bonds is 5. The lowest BCUT2D eigenvalue weighted by molar-refractivity contribution is -0.136. The van der Waals surface area contributed by atoms with Crippen molar-refractivity contribution in [1.29, 1.82) is 0 Å². The molecule has 136 valence electrons. The number of carboxylic acids is 1. The van der Waals surface area contributed by atoms with E-state index in [0.29, 0.717) is 28.1 Å². The van der Waals surface area contributed by atoms with Crippen LogP contribution in [0.2, 0.25) is 5.02 Å². The Bertz CT molecular complexity index is 1000. The molecule has 1 aromatic heterocycles. The fourth-order valence-electron chi connectivity index (χ4n) is 2.87. The molecule has 2 heterocycles. The monoisotopic (exact) mass is 398 g/mol. The van der Waals surface area contributed by atoms with Gasteiger partial charge in [-0.1, -0.05) is 65.8 Å². The smallest absolute Gasteiger partial charge is 0.304 e. The maximum atomic E-state index is 11.3. The minimum absolute atomic E-state index is 0.0486. The molecule has 0 aliphatic carbocycles. The predicted molar refractivity (Wildman–Crippen MR) is 105 cm³/mol. The van der Waals surface area contributed by atoms with Crippen LogP contribution in [0.15, 0.2) is 64.9 Å². The second-order valence-corrected chi connectivity index (χ2v) is 7.68. The van der Waals surface area contributed by atoms with Gasteiger partial charge in [-0.2, -0.15) is 9.78 Å². The Hall–Kier alpha value is -2.64. The molecule has 3 aromatic rings. The Morgan fingerprint density at radius 2 is 1.85 bits per heavy atom. The van der Waals surface area contributed by atoms with Gasteiger partial charge < -0.3 is 5.11 Å². The van der Waals surface area contributed by atoms with Crippen molar-refractivity contribution >= 4 is 35.0 Å². The third-order valence-corrected chi connectivity index (χ3v) is 5.53. The summed E-state index contributed by atoms with van der Waals surface area (Å²) in [5, 5.41) is 23.4. The molecule has 8 heteroatoms. The molecular weight excluding hydrogens is 384 g/mol. The zero-order valence-corrected chi connectivity index (χ0v) is 15.7. The van der Waals surface area contributed by atoms with Crippen molar-refractivity contribution in [2.75, 3.05) is 0 Å². The second-order valence-electron chi connectivity index (χ2n) is 6.07. The number of hydrogen-bond donors (Lipinski definition) is 1. The van der Waals surface area contributed by atoms with E-state index in [2.05, 4.69) is 10.2 Å². The fraction of sp³-hybridized carbons (Fsp3) is 0.158. The van der Waals surface area contributed by atoms with Gasteiger partial charge in [-0.3, -0.25) is 4.79 Å². The fourth-order valence-corrected chi connectivity index (χ4v) is 4.11. The second kappa shape index (κ2) is 7.54. The summed E-state index contributed by atoms with van der Waals surface area (Å²) >= 11 is 7.35. The van der Waals surface area contributed by atoms with E-state index < -0.39 is 5.97 Å². The van der Waals surface area contributed by atoms with Crippen molar-refractivity contribution in [3.8, 4) is 0 Å². The molecule has 6 nitrogen and oxygen atoms in total. The first-order valence-electron chi connectivity index (χ1n) is 8.31. The molecule has 4 rings (SSSR count). The summed E-state index contributed by atoms with van der Waals surface area (Å²) in [5.74, 6) is -0.171. The van der Waals surface area contributed by atoms with Crippen LogP contribution >= 0.6 is 23.4 Å². The van der Waals surface area contributed by atoms with Gasteiger partial charge >= 0.3 is 5.97 Å². The average Bonchev–Trinajstić information content (AvgIpc) is 3.04. The van der Waals surface area contributed by atoms with Crippen LogP contribution in [0.5, 0.6) is 0 Å². The first-order valence-corrected chi connectivity index (χ1v) is 9.57. The summed E-state index contributed by atoms with van der Waals surface area (Å²) in [6, 6.07) is 17.2. The number of carboxylic acid groups (broad SMARTS) is 1. The highest BCUT2D eigenvalue weighted by Crippen LogP contribution is 2.33. The molecule has 27 heavy (non-hydrogen) atoms. The van der Waals surface area contributed by atoms with Crippen LogP contribution in [-0.4, -0.2) is 36.9 Å². The third kappa shape index (κ3) is 3.89. The normalized spacial score (nSPS) is 15.9. The zero-order chi connectivity index (χ0) is 18.8. The van der Waals surface area contributed by atoms with Gasteiger partial charge in [0, 0.05) is 11.4 Å². The summed E-state index contributed by atoms with van der Waals surface area (Å²) in [5.41, 5.74) is 2.62. The van der Waals surface area contributed by atoms with Crippen LogP contribution in [-0.2, 0) is 11.2 Å². The van der Waals surface area contributed by atoms with Gasteiger partial charge in [0.15, 0.2) is 5.82 Å². The van der Waals surface area contributed by atoms with Gasteiger partial charge in [-0.05, 0) is 23.3 Å². The molecule has 0 saturated heterocycles. The van der Waals surface area contributed by atoms with Crippen LogP contribution in [0.25, 0.3) is 0 Å². The van der Waals surface area contributed by atoms with Crippen LogP contribution in [0.4, 0.5) is 0 Å². The van der Waals surface area contributed by atoms with Gasteiger partial charge in [0.2, 0.25) is 5.16 Å².